The van der Waals surface area contributed by atoms with Crippen molar-refractivity contribution in [3.63, 3.8) is 0 Å². The summed E-state index contributed by atoms with van der Waals surface area (Å²) in [4.78, 5) is 16.2. The summed E-state index contributed by atoms with van der Waals surface area (Å²) in [7, 11) is 0. The summed E-state index contributed by atoms with van der Waals surface area (Å²) < 4.78 is 0. The monoisotopic (exact) mass is 253 g/mol. The Balaban J connectivity index is 2.01. The smallest absolute Gasteiger partial charge is 0.263 e. The van der Waals surface area contributed by atoms with E-state index in [9.17, 15) is 4.79 Å². The Morgan fingerprint density at radius 1 is 1.47 bits per heavy atom. The average molecular weight is 253 g/mol. The number of carbonyl (C=O) groups is 1. The second kappa shape index (κ2) is 5.19. The second-order valence-electron chi connectivity index (χ2n) is 4.77. The van der Waals surface area contributed by atoms with Crippen molar-refractivity contribution in [2.45, 2.75) is 26.7 Å². The van der Waals surface area contributed by atoms with Crippen LogP contribution in [0.4, 0.5) is 0 Å². The lowest BCUT2D eigenvalue weighted by Crippen LogP contribution is -2.38. The van der Waals surface area contributed by atoms with Crippen LogP contribution in [0.2, 0.25) is 0 Å². The third-order valence-electron chi connectivity index (χ3n) is 3.54. The van der Waals surface area contributed by atoms with Crippen molar-refractivity contribution in [1.82, 2.24) is 4.90 Å². The molecule has 2 heterocycles. The molecule has 94 valence electrons. The molecule has 1 fully saturated rings. The lowest BCUT2D eigenvalue weighted by Gasteiger charge is -2.30. The molecule has 1 saturated heterocycles. The number of carbonyl (C=O) groups excluding carboxylic acids is 1. The molecule has 4 heteroatoms. The lowest BCUT2D eigenvalue weighted by atomic mass is 9.98. The molecule has 0 saturated carbocycles. The minimum absolute atomic E-state index is 0.155. The van der Waals surface area contributed by atoms with Crippen LogP contribution >= 0.6 is 11.3 Å². The number of nitrogens with zero attached hydrogens (tertiary/aromatic N) is 1. The van der Waals surface area contributed by atoms with Gasteiger partial charge in [-0.25, -0.2) is 0 Å². The summed E-state index contributed by atoms with van der Waals surface area (Å²) in [5, 5.41) is 9.07. The van der Waals surface area contributed by atoms with E-state index >= 15 is 0 Å². The van der Waals surface area contributed by atoms with E-state index in [-0.39, 0.29) is 12.5 Å². The molecular weight excluding hydrogens is 234 g/mol. The van der Waals surface area contributed by atoms with Gasteiger partial charge >= 0.3 is 0 Å². The fourth-order valence-electron chi connectivity index (χ4n) is 2.15. The number of aliphatic hydroxyl groups excluding tert-OH is 1. The Morgan fingerprint density at radius 3 is 2.59 bits per heavy atom. The Bertz CT molecular complexity index is 386. The van der Waals surface area contributed by atoms with Crippen molar-refractivity contribution < 1.29 is 9.90 Å². The van der Waals surface area contributed by atoms with Crippen LogP contribution in [0, 0.1) is 19.8 Å². The first-order chi connectivity index (χ1) is 8.11. The molecule has 0 aliphatic carbocycles. The van der Waals surface area contributed by atoms with E-state index in [1.54, 1.807) is 11.3 Å². The molecule has 0 atom stereocenters. The van der Waals surface area contributed by atoms with Crippen molar-refractivity contribution in [3.8, 4) is 0 Å². The largest absolute Gasteiger partial charge is 0.396 e. The number of thiophene rings is 1. The molecule has 0 radical (unpaired) electrons. The Morgan fingerprint density at radius 2 is 2.12 bits per heavy atom. The summed E-state index contributed by atoms with van der Waals surface area (Å²) in [5.41, 5.74) is 1.20. The van der Waals surface area contributed by atoms with Crippen LogP contribution in [-0.4, -0.2) is 35.6 Å². The summed E-state index contributed by atoms with van der Waals surface area (Å²) in [6.07, 6.45) is 1.84. The van der Waals surface area contributed by atoms with E-state index in [2.05, 4.69) is 6.92 Å². The van der Waals surface area contributed by atoms with Gasteiger partial charge in [-0.3, -0.25) is 4.79 Å². The van der Waals surface area contributed by atoms with Crippen molar-refractivity contribution in [2.75, 3.05) is 19.7 Å². The predicted molar refractivity (Wildman–Crippen MR) is 69.5 cm³/mol. The molecule has 0 spiro atoms. The summed E-state index contributed by atoms with van der Waals surface area (Å²) >= 11 is 1.58. The van der Waals surface area contributed by atoms with Crippen LogP contribution in [0.15, 0.2) is 6.07 Å². The molecule has 1 aromatic rings. The SMILES string of the molecule is Cc1cc(C(=O)N2CCC(CO)CC2)sc1C. The maximum atomic E-state index is 12.2. The Hall–Kier alpha value is -0.870. The van der Waals surface area contributed by atoms with Crippen molar-refractivity contribution in [2.24, 2.45) is 5.92 Å². The van der Waals surface area contributed by atoms with E-state index in [1.807, 2.05) is 17.9 Å². The van der Waals surface area contributed by atoms with Gasteiger partial charge in [0.2, 0.25) is 0 Å². The van der Waals surface area contributed by atoms with E-state index in [1.165, 1.54) is 10.4 Å². The first-order valence-corrected chi connectivity index (χ1v) is 6.90. The number of piperidine rings is 1. The van der Waals surface area contributed by atoms with Gasteiger partial charge < -0.3 is 10.0 Å². The molecule has 1 aromatic heterocycles. The maximum absolute atomic E-state index is 12.2. The number of rotatable bonds is 2. The van der Waals surface area contributed by atoms with Crippen LogP contribution in [-0.2, 0) is 0 Å². The standard InChI is InChI=1S/C13H19NO2S/c1-9-7-12(17-10(9)2)13(16)14-5-3-11(8-15)4-6-14/h7,11,15H,3-6,8H2,1-2H3. The van der Waals surface area contributed by atoms with Crippen molar-refractivity contribution in [1.29, 1.82) is 0 Å². The third kappa shape index (κ3) is 2.69. The minimum Gasteiger partial charge on any atom is -0.396 e. The fraction of sp³-hybridized carbons (Fsp3) is 0.615. The molecule has 2 rings (SSSR count). The maximum Gasteiger partial charge on any atom is 0.263 e. The zero-order valence-electron chi connectivity index (χ0n) is 10.4. The molecule has 1 amide bonds. The number of aryl methyl sites for hydroxylation is 2. The molecular formula is C13H19NO2S. The number of hydrogen-bond acceptors (Lipinski definition) is 3. The van der Waals surface area contributed by atoms with Gasteiger partial charge in [0, 0.05) is 24.6 Å². The van der Waals surface area contributed by atoms with E-state index in [4.69, 9.17) is 5.11 Å². The van der Waals surface area contributed by atoms with E-state index in [0.29, 0.717) is 5.92 Å². The van der Waals surface area contributed by atoms with Gasteiger partial charge in [-0.15, -0.1) is 11.3 Å². The molecule has 17 heavy (non-hydrogen) atoms. The highest BCUT2D eigenvalue weighted by Gasteiger charge is 2.24. The molecule has 1 N–H and O–H groups in total. The van der Waals surface area contributed by atoms with Crippen molar-refractivity contribution in [3.05, 3.63) is 21.4 Å². The van der Waals surface area contributed by atoms with Gasteiger partial charge in [-0.05, 0) is 44.2 Å². The summed E-state index contributed by atoms with van der Waals surface area (Å²) in [5.74, 6) is 0.536. The van der Waals surface area contributed by atoms with E-state index in [0.717, 1.165) is 30.8 Å². The molecule has 3 nitrogen and oxygen atoms in total. The van der Waals surface area contributed by atoms with Gasteiger partial charge in [0.25, 0.3) is 5.91 Å². The van der Waals surface area contributed by atoms with Crippen molar-refractivity contribution >= 4 is 17.2 Å². The van der Waals surface area contributed by atoms with Gasteiger partial charge in [0.15, 0.2) is 0 Å². The molecule has 0 unspecified atom stereocenters. The Kier molecular flexibility index (Phi) is 3.84. The van der Waals surface area contributed by atoms with Gasteiger partial charge in [0.05, 0.1) is 4.88 Å². The first kappa shape index (κ1) is 12.6. The highest BCUT2D eigenvalue weighted by Crippen LogP contribution is 2.24. The zero-order chi connectivity index (χ0) is 12.4. The fourth-order valence-corrected chi connectivity index (χ4v) is 3.15. The molecule has 1 aliphatic heterocycles. The number of aliphatic hydroxyl groups is 1. The van der Waals surface area contributed by atoms with E-state index < -0.39 is 0 Å². The van der Waals surface area contributed by atoms with Crippen LogP contribution in [0.5, 0.6) is 0 Å². The normalized spacial score (nSPS) is 17.5. The van der Waals surface area contributed by atoms with Gasteiger partial charge in [-0.1, -0.05) is 0 Å². The molecule has 0 bridgehead atoms. The molecule has 1 aliphatic rings. The van der Waals surface area contributed by atoms with Gasteiger partial charge in [0.1, 0.15) is 0 Å². The lowest BCUT2D eigenvalue weighted by molar-refractivity contribution is 0.0655. The van der Waals surface area contributed by atoms with Crippen LogP contribution < -0.4 is 0 Å². The topological polar surface area (TPSA) is 40.5 Å². The summed E-state index contributed by atoms with van der Waals surface area (Å²) in [6.45, 7) is 5.90. The minimum atomic E-state index is 0.155. The predicted octanol–water partition coefficient (Wildman–Crippen LogP) is 2.21. The number of likely N-dealkylation sites (tertiary alicyclic amines) is 1. The van der Waals surface area contributed by atoms with Gasteiger partial charge in [-0.2, -0.15) is 0 Å². The average Bonchev–Trinajstić information content (AvgIpc) is 2.69. The highest BCUT2D eigenvalue weighted by atomic mass is 32.1. The van der Waals surface area contributed by atoms with Crippen LogP contribution in [0.1, 0.15) is 33.0 Å². The Labute approximate surface area is 106 Å². The third-order valence-corrected chi connectivity index (χ3v) is 4.68. The van der Waals surface area contributed by atoms with Crippen LogP contribution in [0.3, 0.4) is 0 Å². The van der Waals surface area contributed by atoms with Crippen LogP contribution in [0.25, 0.3) is 0 Å². The zero-order valence-corrected chi connectivity index (χ0v) is 11.2. The molecule has 0 aromatic carbocycles. The highest BCUT2D eigenvalue weighted by molar-refractivity contribution is 7.14. The number of hydrogen-bond donors (Lipinski definition) is 1. The second-order valence-corrected chi connectivity index (χ2v) is 6.02. The first-order valence-electron chi connectivity index (χ1n) is 6.09. The number of amides is 1. The quantitative estimate of drug-likeness (QED) is 0.878. The summed E-state index contributed by atoms with van der Waals surface area (Å²) in [6, 6.07) is 1.99.